The fourth-order valence-corrected chi connectivity index (χ4v) is 1.93. The van der Waals surface area contributed by atoms with E-state index < -0.39 is 4.92 Å². The lowest BCUT2D eigenvalue weighted by Gasteiger charge is -2.06. The van der Waals surface area contributed by atoms with Gasteiger partial charge in [0.25, 0.3) is 0 Å². The maximum absolute atomic E-state index is 10.8. The van der Waals surface area contributed by atoms with E-state index in [1.54, 1.807) is 12.3 Å². The molecule has 0 fully saturated rings. The normalized spacial score (nSPS) is 10.5. The zero-order valence-corrected chi connectivity index (χ0v) is 10.6. The highest BCUT2D eigenvalue weighted by atomic mass is 79.9. The number of benzene rings is 1. The van der Waals surface area contributed by atoms with E-state index in [1.165, 1.54) is 13.2 Å². The number of pyridine rings is 1. The first-order valence-electron chi connectivity index (χ1n) is 4.83. The maximum atomic E-state index is 10.8. The molecule has 0 saturated carbocycles. The van der Waals surface area contributed by atoms with Crippen molar-refractivity contribution < 1.29 is 9.66 Å². The molecular weight excluding hydrogens is 288 g/mol. The van der Waals surface area contributed by atoms with Gasteiger partial charge in [0.1, 0.15) is 5.52 Å². The molecule has 0 saturated heterocycles. The Hall–Kier alpha value is -1.69. The molecular formula is C11H9BrN2O3. The number of halogens is 1. The van der Waals surface area contributed by atoms with Crippen LogP contribution in [0.5, 0.6) is 5.75 Å². The van der Waals surface area contributed by atoms with Crippen molar-refractivity contribution in [3.63, 3.8) is 0 Å². The van der Waals surface area contributed by atoms with Crippen molar-refractivity contribution in [3.05, 3.63) is 40.1 Å². The van der Waals surface area contributed by atoms with Crippen LogP contribution in [0.15, 0.2) is 24.4 Å². The van der Waals surface area contributed by atoms with E-state index in [9.17, 15) is 10.1 Å². The quantitative estimate of drug-likeness (QED) is 0.496. The lowest BCUT2D eigenvalue weighted by atomic mass is 10.1. The molecule has 88 valence electrons. The number of hydrogen-bond donors (Lipinski definition) is 0. The molecule has 0 unspecified atom stereocenters. The molecule has 0 amide bonds. The predicted molar refractivity (Wildman–Crippen MR) is 67.6 cm³/mol. The van der Waals surface area contributed by atoms with Gasteiger partial charge >= 0.3 is 5.69 Å². The highest BCUT2D eigenvalue weighted by Gasteiger charge is 2.18. The lowest BCUT2D eigenvalue weighted by molar-refractivity contribution is -0.385. The minimum absolute atomic E-state index is 0.0703. The molecule has 6 heteroatoms. The molecule has 2 aromatic rings. The monoisotopic (exact) mass is 296 g/mol. The molecule has 0 aliphatic heterocycles. The molecule has 1 heterocycles. The van der Waals surface area contributed by atoms with Crippen LogP contribution in [0.25, 0.3) is 10.9 Å². The molecule has 0 aliphatic rings. The Morgan fingerprint density at radius 3 is 2.88 bits per heavy atom. The second-order valence-electron chi connectivity index (χ2n) is 3.42. The van der Waals surface area contributed by atoms with Crippen molar-refractivity contribution in [2.24, 2.45) is 0 Å². The number of rotatable bonds is 3. The SMILES string of the molecule is COc1c([N+](=O)[O-])ccc2cc(CBr)cnc12. The van der Waals surface area contributed by atoms with E-state index in [1.807, 2.05) is 6.07 Å². The van der Waals surface area contributed by atoms with Crippen LogP contribution in [0.3, 0.4) is 0 Å². The summed E-state index contributed by atoms with van der Waals surface area (Å²) in [5.74, 6) is 0.202. The topological polar surface area (TPSA) is 65.3 Å². The third-order valence-corrected chi connectivity index (χ3v) is 3.04. The van der Waals surface area contributed by atoms with E-state index in [2.05, 4.69) is 20.9 Å². The summed E-state index contributed by atoms with van der Waals surface area (Å²) in [6.07, 6.45) is 1.67. The molecule has 0 N–H and O–H groups in total. The highest BCUT2D eigenvalue weighted by molar-refractivity contribution is 9.08. The molecule has 0 bridgehead atoms. The van der Waals surface area contributed by atoms with Crippen molar-refractivity contribution in [1.82, 2.24) is 4.98 Å². The zero-order chi connectivity index (χ0) is 12.4. The average Bonchev–Trinajstić information content (AvgIpc) is 2.36. The first-order valence-corrected chi connectivity index (χ1v) is 5.95. The van der Waals surface area contributed by atoms with Crippen LogP contribution in [-0.4, -0.2) is 17.0 Å². The molecule has 0 radical (unpaired) electrons. The number of aromatic nitrogens is 1. The summed E-state index contributed by atoms with van der Waals surface area (Å²) in [5, 5.41) is 12.4. The van der Waals surface area contributed by atoms with Gasteiger partial charge in [0.2, 0.25) is 5.75 Å². The van der Waals surface area contributed by atoms with Crippen LogP contribution in [-0.2, 0) is 5.33 Å². The van der Waals surface area contributed by atoms with Gasteiger partial charge in [-0.2, -0.15) is 0 Å². The van der Waals surface area contributed by atoms with Gasteiger partial charge in [-0.25, -0.2) is 0 Å². The number of alkyl halides is 1. The van der Waals surface area contributed by atoms with Gasteiger partial charge in [-0.3, -0.25) is 15.1 Å². The van der Waals surface area contributed by atoms with Crippen molar-refractivity contribution >= 4 is 32.5 Å². The second-order valence-corrected chi connectivity index (χ2v) is 3.98. The number of hydrogen-bond acceptors (Lipinski definition) is 4. The lowest BCUT2D eigenvalue weighted by Crippen LogP contribution is -1.96. The van der Waals surface area contributed by atoms with Crippen molar-refractivity contribution in [3.8, 4) is 5.75 Å². The Bertz CT molecular complexity index is 586. The number of ether oxygens (including phenoxy) is 1. The molecule has 0 aliphatic carbocycles. The molecule has 0 atom stereocenters. The number of fused-ring (bicyclic) bond motifs is 1. The van der Waals surface area contributed by atoms with E-state index in [0.717, 1.165) is 10.9 Å². The minimum Gasteiger partial charge on any atom is -0.489 e. The Morgan fingerprint density at radius 1 is 1.53 bits per heavy atom. The molecule has 0 spiro atoms. The van der Waals surface area contributed by atoms with Crippen LogP contribution in [0.1, 0.15) is 5.56 Å². The Morgan fingerprint density at radius 2 is 2.29 bits per heavy atom. The fraction of sp³-hybridized carbons (Fsp3) is 0.182. The summed E-state index contributed by atoms with van der Waals surface area (Å²) in [6, 6.07) is 5.03. The van der Waals surface area contributed by atoms with E-state index in [-0.39, 0.29) is 11.4 Å². The van der Waals surface area contributed by atoms with E-state index >= 15 is 0 Å². The van der Waals surface area contributed by atoms with Crippen molar-refractivity contribution in [2.45, 2.75) is 5.33 Å². The predicted octanol–water partition coefficient (Wildman–Crippen LogP) is 3.05. The van der Waals surface area contributed by atoms with Crippen LogP contribution >= 0.6 is 15.9 Å². The number of methoxy groups -OCH3 is 1. The van der Waals surface area contributed by atoms with Crippen LogP contribution in [0.4, 0.5) is 5.69 Å². The van der Waals surface area contributed by atoms with Gasteiger partial charge in [0, 0.05) is 23.0 Å². The summed E-state index contributed by atoms with van der Waals surface area (Å²) in [6.45, 7) is 0. The van der Waals surface area contributed by atoms with Gasteiger partial charge in [-0.05, 0) is 17.7 Å². The Balaban J connectivity index is 2.73. The van der Waals surface area contributed by atoms with Crippen molar-refractivity contribution in [1.29, 1.82) is 0 Å². The van der Waals surface area contributed by atoms with Gasteiger partial charge in [0.15, 0.2) is 0 Å². The number of nitrogens with zero attached hydrogens (tertiary/aromatic N) is 2. The van der Waals surface area contributed by atoms with E-state index in [4.69, 9.17) is 4.74 Å². The van der Waals surface area contributed by atoms with Gasteiger partial charge in [-0.15, -0.1) is 0 Å². The number of nitro benzene ring substituents is 1. The molecule has 1 aromatic carbocycles. The third kappa shape index (κ3) is 2.08. The van der Waals surface area contributed by atoms with Crippen LogP contribution in [0, 0.1) is 10.1 Å². The standard InChI is InChI=1S/C11H9BrN2O3/c1-17-11-9(14(15)16)3-2-8-4-7(5-12)6-13-10(8)11/h2-4,6H,5H2,1H3. The summed E-state index contributed by atoms with van der Waals surface area (Å²) < 4.78 is 5.08. The summed E-state index contributed by atoms with van der Waals surface area (Å²) in [7, 11) is 1.40. The fourth-order valence-electron chi connectivity index (χ4n) is 1.63. The van der Waals surface area contributed by atoms with Crippen LogP contribution in [0.2, 0.25) is 0 Å². The molecule has 5 nitrogen and oxygen atoms in total. The van der Waals surface area contributed by atoms with Gasteiger partial charge in [0.05, 0.1) is 12.0 Å². The second kappa shape index (κ2) is 4.67. The largest absolute Gasteiger partial charge is 0.489 e. The maximum Gasteiger partial charge on any atom is 0.313 e. The van der Waals surface area contributed by atoms with Gasteiger partial charge in [-0.1, -0.05) is 15.9 Å². The third-order valence-electron chi connectivity index (χ3n) is 2.40. The molecule has 2 rings (SSSR count). The summed E-state index contributed by atoms with van der Waals surface area (Å²) in [5.41, 5.74) is 1.44. The first kappa shape index (κ1) is 11.8. The first-order chi connectivity index (χ1) is 8.17. The Labute approximate surface area is 106 Å². The average molecular weight is 297 g/mol. The molecule has 17 heavy (non-hydrogen) atoms. The van der Waals surface area contributed by atoms with Crippen LogP contribution < -0.4 is 4.74 Å². The Kier molecular flexibility index (Phi) is 3.23. The van der Waals surface area contributed by atoms with Crippen molar-refractivity contribution in [2.75, 3.05) is 7.11 Å². The van der Waals surface area contributed by atoms with E-state index in [0.29, 0.717) is 10.8 Å². The smallest absolute Gasteiger partial charge is 0.313 e. The molecule has 1 aromatic heterocycles. The summed E-state index contributed by atoms with van der Waals surface area (Å²) >= 11 is 3.34. The zero-order valence-electron chi connectivity index (χ0n) is 9.01. The minimum atomic E-state index is -0.474. The highest BCUT2D eigenvalue weighted by Crippen LogP contribution is 2.34. The summed E-state index contributed by atoms with van der Waals surface area (Å²) in [4.78, 5) is 14.6. The van der Waals surface area contributed by atoms with Gasteiger partial charge < -0.3 is 4.74 Å². The number of nitro groups is 1.